The Labute approximate surface area is 109 Å². The van der Waals surface area contributed by atoms with Gasteiger partial charge in [0.2, 0.25) is 11.8 Å². The fourth-order valence-electron chi connectivity index (χ4n) is 2.25. The minimum Gasteiger partial charge on any atom is -0.358 e. The third-order valence-electron chi connectivity index (χ3n) is 3.29. The van der Waals surface area contributed by atoms with Crippen LogP contribution in [-0.4, -0.2) is 49.4 Å². The summed E-state index contributed by atoms with van der Waals surface area (Å²) >= 11 is 0. The lowest BCUT2D eigenvalue weighted by Gasteiger charge is -2.27. The first-order chi connectivity index (χ1) is 8.67. The minimum atomic E-state index is -0.103. The predicted molar refractivity (Wildman–Crippen MR) is 71.2 cm³/mol. The third kappa shape index (κ3) is 5.04. The number of piperidine rings is 1. The summed E-state index contributed by atoms with van der Waals surface area (Å²) in [5, 5.41) is 5.93. The van der Waals surface area contributed by atoms with Gasteiger partial charge < -0.3 is 15.5 Å². The van der Waals surface area contributed by atoms with Crippen molar-refractivity contribution in [1.82, 2.24) is 15.5 Å². The molecule has 1 fully saturated rings. The maximum atomic E-state index is 12.2. The molecule has 1 saturated heterocycles. The third-order valence-corrected chi connectivity index (χ3v) is 3.29. The Morgan fingerprint density at radius 1 is 1.39 bits per heavy atom. The number of carbonyl (C=O) groups excluding carboxylic acids is 2. The molecule has 0 radical (unpaired) electrons. The van der Waals surface area contributed by atoms with E-state index in [1.54, 1.807) is 11.9 Å². The van der Waals surface area contributed by atoms with Crippen molar-refractivity contribution in [3.63, 3.8) is 0 Å². The van der Waals surface area contributed by atoms with E-state index >= 15 is 0 Å². The molecule has 0 aromatic carbocycles. The van der Waals surface area contributed by atoms with Crippen molar-refractivity contribution in [2.24, 2.45) is 0 Å². The molecule has 1 heterocycles. The molecule has 18 heavy (non-hydrogen) atoms. The average molecular weight is 255 g/mol. The Balaban J connectivity index is 2.44. The van der Waals surface area contributed by atoms with Crippen molar-refractivity contribution in [2.75, 3.05) is 26.7 Å². The predicted octanol–water partition coefficient (Wildman–Crippen LogP) is 0.503. The molecule has 1 unspecified atom stereocenters. The average Bonchev–Trinajstić information content (AvgIpc) is 2.39. The van der Waals surface area contributed by atoms with E-state index in [1.165, 1.54) is 12.8 Å². The topological polar surface area (TPSA) is 61.4 Å². The second-order valence-electron chi connectivity index (χ2n) is 4.84. The van der Waals surface area contributed by atoms with E-state index in [-0.39, 0.29) is 24.4 Å². The van der Waals surface area contributed by atoms with Crippen LogP contribution in [0.15, 0.2) is 0 Å². The Hall–Kier alpha value is -1.10. The van der Waals surface area contributed by atoms with Crippen molar-refractivity contribution < 1.29 is 9.59 Å². The van der Waals surface area contributed by atoms with E-state index in [9.17, 15) is 9.59 Å². The standard InChI is InChI=1S/C13H25N3O2/c1-3-8-16(10-12(17)14-2)13(18)9-11-6-4-5-7-15-11/h11,15H,3-10H2,1-2H3,(H,14,17). The van der Waals surface area contributed by atoms with Crippen LogP contribution < -0.4 is 10.6 Å². The van der Waals surface area contributed by atoms with Crippen LogP contribution in [0.5, 0.6) is 0 Å². The van der Waals surface area contributed by atoms with E-state index < -0.39 is 0 Å². The molecule has 1 aliphatic rings. The molecule has 1 rings (SSSR count). The summed E-state index contributed by atoms with van der Waals surface area (Å²) in [7, 11) is 1.60. The van der Waals surface area contributed by atoms with Crippen molar-refractivity contribution >= 4 is 11.8 Å². The lowest BCUT2D eigenvalue weighted by Crippen LogP contribution is -2.44. The van der Waals surface area contributed by atoms with Gasteiger partial charge in [-0.15, -0.1) is 0 Å². The van der Waals surface area contributed by atoms with Crippen molar-refractivity contribution in [1.29, 1.82) is 0 Å². The first-order valence-electron chi connectivity index (χ1n) is 6.89. The van der Waals surface area contributed by atoms with Gasteiger partial charge in [-0.2, -0.15) is 0 Å². The number of nitrogens with zero attached hydrogens (tertiary/aromatic N) is 1. The highest BCUT2D eigenvalue weighted by molar-refractivity contribution is 5.84. The summed E-state index contributed by atoms with van der Waals surface area (Å²) in [5.41, 5.74) is 0. The van der Waals surface area contributed by atoms with Gasteiger partial charge in [0.25, 0.3) is 0 Å². The smallest absolute Gasteiger partial charge is 0.239 e. The number of nitrogens with one attached hydrogen (secondary N) is 2. The first kappa shape index (κ1) is 15.0. The number of likely N-dealkylation sites (N-methyl/N-ethyl adjacent to an activating group) is 1. The van der Waals surface area contributed by atoms with Gasteiger partial charge in [-0.25, -0.2) is 0 Å². The molecule has 1 aliphatic heterocycles. The fourth-order valence-corrected chi connectivity index (χ4v) is 2.25. The van der Waals surface area contributed by atoms with Crippen LogP contribution >= 0.6 is 0 Å². The SMILES string of the molecule is CCCN(CC(=O)NC)C(=O)CC1CCCCN1. The van der Waals surface area contributed by atoms with Gasteiger partial charge in [0.05, 0.1) is 6.54 Å². The zero-order valence-electron chi connectivity index (χ0n) is 11.5. The maximum Gasteiger partial charge on any atom is 0.239 e. The molecule has 0 aromatic heterocycles. The van der Waals surface area contributed by atoms with Crippen LogP contribution in [0.25, 0.3) is 0 Å². The molecule has 0 aromatic rings. The number of rotatable bonds is 6. The molecule has 104 valence electrons. The highest BCUT2D eigenvalue weighted by Gasteiger charge is 2.21. The lowest BCUT2D eigenvalue weighted by molar-refractivity contribution is -0.136. The van der Waals surface area contributed by atoms with Gasteiger partial charge in [0, 0.05) is 26.1 Å². The van der Waals surface area contributed by atoms with Gasteiger partial charge in [-0.05, 0) is 25.8 Å². The molecule has 1 atom stereocenters. The zero-order valence-corrected chi connectivity index (χ0v) is 11.5. The van der Waals surface area contributed by atoms with Gasteiger partial charge >= 0.3 is 0 Å². The zero-order chi connectivity index (χ0) is 13.4. The van der Waals surface area contributed by atoms with Gasteiger partial charge in [-0.3, -0.25) is 9.59 Å². The van der Waals surface area contributed by atoms with Crippen LogP contribution in [-0.2, 0) is 9.59 Å². The van der Waals surface area contributed by atoms with Gasteiger partial charge in [-0.1, -0.05) is 13.3 Å². The lowest BCUT2D eigenvalue weighted by atomic mass is 10.0. The summed E-state index contributed by atoms with van der Waals surface area (Å²) < 4.78 is 0. The molecule has 5 nitrogen and oxygen atoms in total. The molecule has 0 aliphatic carbocycles. The quantitative estimate of drug-likeness (QED) is 0.726. The Morgan fingerprint density at radius 2 is 2.17 bits per heavy atom. The van der Waals surface area contributed by atoms with Gasteiger partial charge in [0.1, 0.15) is 0 Å². The van der Waals surface area contributed by atoms with Crippen LogP contribution in [0.1, 0.15) is 39.0 Å². The Bertz CT molecular complexity index is 275. The molecular formula is C13H25N3O2. The van der Waals surface area contributed by atoms with E-state index in [0.29, 0.717) is 13.0 Å². The van der Waals surface area contributed by atoms with E-state index in [1.807, 2.05) is 6.92 Å². The number of hydrogen-bond donors (Lipinski definition) is 2. The van der Waals surface area contributed by atoms with Crippen LogP contribution in [0.3, 0.4) is 0 Å². The highest BCUT2D eigenvalue weighted by Crippen LogP contribution is 2.11. The minimum absolute atomic E-state index is 0.0832. The summed E-state index contributed by atoms with van der Waals surface area (Å²) in [6.45, 7) is 3.85. The molecule has 0 bridgehead atoms. The van der Waals surface area contributed by atoms with Gasteiger partial charge in [0.15, 0.2) is 0 Å². The highest BCUT2D eigenvalue weighted by atomic mass is 16.2. The summed E-state index contributed by atoms with van der Waals surface area (Å²) in [4.78, 5) is 25.2. The molecule has 0 spiro atoms. The van der Waals surface area contributed by atoms with Crippen LogP contribution in [0.2, 0.25) is 0 Å². The van der Waals surface area contributed by atoms with Crippen LogP contribution in [0, 0.1) is 0 Å². The van der Waals surface area contributed by atoms with Crippen LogP contribution in [0.4, 0.5) is 0 Å². The second-order valence-corrected chi connectivity index (χ2v) is 4.84. The summed E-state index contributed by atoms with van der Waals surface area (Å²) in [5.74, 6) is -0.0201. The van der Waals surface area contributed by atoms with Crippen molar-refractivity contribution in [3.8, 4) is 0 Å². The van der Waals surface area contributed by atoms with E-state index in [4.69, 9.17) is 0 Å². The molecule has 0 saturated carbocycles. The van der Waals surface area contributed by atoms with E-state index in [0.717, 1.165) is 19.4 Å². The number of amides is 2. The number of hydrogen-bond acceptors (Lipinski definition) is 3. The fraction of sp³-hybridized carbons (Fsp3) is 0.846. The largest absolute Gasteiger partial charge is 0.358 e. The monoisotopic (exact) mass is 255 g/mol. The Kier molecular flexibility index (Phi) is 6.72. The molecule has 2 amide bonds. The first-order valence-corrected chi connectivity index (χ1v) is 6.89. The van der Waals surface area contributed by atoms with Crippen molar-refractivity contribution in [2.45, 2.75) is 45.1 Å². The number of carbonyl (C=O) groups is 2. The molecule has 5 heteroatoms. The summed E-state index contributed by atoms with van der Waals surface area (Å²) in [6, 6.07) is 0.287. The second kappa shape index (κ2) is 8.08. The van der Waals surface area contributed by atoms with Crippen molar-refractivity contribution in [3.05, 3.63) is 0 Å². The Morgan fingerprint density at radius 3 is 2.72 bits per heavy atom. The normalized spacial score (nSPS) is 19.3. The molecular weight excluding hydrogens is 230 g/mol. The van der Waals surface area contributed by atoms with E-state index in [2.05, 4.69) is 10.6 Å². The molecule has 2 N–H and O–H groups in total. The summed E-state index contributed by atoms with van der Waals surface area (Å²) in [6.07, 6.45) is 4.83. The maximum absolute atomic E-state index is 12.2.